The first-order valence-corrected chi connectivity index (χ1v) is 10.5. The Hall–Kier alpha value is -3.07. The van der Waals surface area contributed by atoms with E-state index in [2.05, 4.69) is 0 Å². The highest BCUT2D eigenvalue weighted by atomic mass is 32.2. The van der Waals surface area contributed by atoms with E-state index in [9.17, 15) is 18.0 Å². The summed E-state index contributed by atoms with van der Waals surface area (Å²) in [4.78, 5) is 26.3. The van der Waals surface area contributed by atoms with Gasteiger partial charge in [0.1, 0.15) is 12.2 Å². The molecule has 2 aliphatic rings. The number of para-hydroxylation sites is 1. The first-order chi connectivity index (χ1) is 13.9. The van der Waals surface area contributed by atoms with E-state index in [0.29, 0.717) is 5.69 Å². The van der Waals surface area contributed by atoms with Gasteiger partial charge in [-0.05, 0) is 30.2 Å². The van der Waals surface area contributed by atoms with E-state index in [-0.39, 0.29) is 17.2 Å². The molecular weight excluding hydrogens is 396 g/mol. The molecule has 8 nitrogen and oxygen atoms in total. The number of ether oxygens (including phenoxy) is 2. The summed E-state index contributed by atoms with van der Waals surface area (Å²) in [6.45, 7) is 0. The lowest BCUT2D eigenvalue weighted by Crippen LogP contribution is -2.53. The molecule has 0 unspecified atom stereocenters. The zero-order chi connectivity index (χ0) is 20.8. The van der Waals surface area contributed by atoms with Gasteiger partial charge in [-0.2, -0.15) is 0 Å². The summed E-state index contributed by atoms with van der Waals surface area (Å²) < 4.78 is 38.1. The molecule has 0 N–H and O–H groups in total. The van der Waals surface area contributed by atoms with E-state index in [4.69, 9.17) is 9.47 Å². The van der Waals surface area contributed by atoms with Crippen LogP contribution in [0.1, 0.15) is 17.9 Å². The van der Waals surface area contributed by atoms with Gasteiger partial charge in [0.2, 0.25) is 0 Å². The maximum atomic E-state index is 13.6. The number of nitrogens with zero attached hydrogens (tertiary/aromatic N) is 2. The van der Waals surface area contributed by atoms with Crippen LogP contribution in [0.5, 0.6) is 0 Å². The summed E-state index contributed by atoms with van der Waals surface area (Å²) in [5.41, 5.74) is 1.25. The summed E-state index contributed by atoms with van der Waals surface area (Å²) in [6.07, 6.45) is -1.47. The van der Waals surface area contributed by atoms with Gasteiger partial charge in [-0.15, -0.1) is 0 Å². The molecule has 9 heteroatoms. The van der Waals surface area contributed by atoms with E-state index in [1.165, 1.54) is 35.6 Å². The van der Waals surface area contributed by atoms with Crippen molar-refractivity contribution in [1.82, 2.24) is 4.90 Å². The Labute approximate surface area is 168 Å². The molecule has 0 radical (unpaired) electrons. The molecule has 4 rings (SSSR count). The Kier molecular flexibility index (Phi) is 4.70. The molecule has 3 atom stereocenters. The second-order valence-electron chi connectivity index (χ2n) is 6.84. The Bertz CT molecular complexity index is 1060. The van der Waals surface area contributed by atoms with Crippen molar-refractivity contribution in [3.63, 3.8) is 0 Å². The lowest BCUT2D eigenvalue weighted by molar-refractivity contribution is -0.145. The minimum absolute atomic E-state index is 0.0989. The summed E-state index contributed by atoms with van der Waals surface area (Å²) in [6, 6.07) is 14.1. The van der Waals surface area contributed by atoms with Crippen molar-refractivity contribution in [1.29, 1.82) is 0 Å². The molecule has 0 bridgehead atoms. The van der Waals surface area contributed by atoms with E-state index >= 15 is 0 Å². The summed E-state index contributed by atoms with van der Waals surface area (Å²) in [5, 5.41) is 0. The molecule has 1 amide bonds. The second kappa shape index (κ2) is 7.07. The number of esters is 1. The zero-order valence-corrected chi connectivity index (χ0v) is 16.7. The van der Waals surface area contributed by atoms with Crippen LogP contribution < -0.4 is 4.31 Å². The Morgan fingerprint density at radius 3 is 2.28 bits per heavy atom. The van der Waals surface area contributed by atoms with Crippen LogP contribution in [-0.2, 0) is 24.3 Å². The molecule has 2 aromatic rings. The number of likely N-dealkylation sites (tertiary alicyclic amines) is 1. The number of anilines is 1. The number of carbonyl (C=O) groups excluding carboxylic acids is 2. The predicted molar refractivity (Wildman–Crippen MR) is 104 cm³/mol. The van der Waals surface area contributed by atoms with Crippen LogP contribution in [0.4, 0.5) is 10.5 Å². The van der Waals surface area contributed by atoms with Gasteiger partial charge in [0.25, 0.3) is 10.0 Å². The molecule has 2 aliphatic heterocycles. The summed E-state index contributed by atoms with van der Waals surface area (Å²) in [5.74, 6) is -0.993. The maximum Gasteiger partial charge on any atom is 0.411 e. The van der Waals surface area contributed by atoms with Crippen LogP contribution in [-0.4, -0.2) is 51.8 Å². The number of hydrogen-bond donors (Lipinski definition) is 0. The highest BCUT2D eigenvalue weighted by Crippen LogP contribution is 2.52. The van der Waals surface area contributed by atoms with Gasteiger partial charge in [0, 0.05) is 5.92 Å². The van der Waals surface area contributed by atoms with Gasteiger partial charge in [-0.1, -0.05) is 36.4 Å². The minimum atomic E-state index is -4.01. The average molecular weight is 416 g/mol. The van der Waals surface area contributed by atoms with Gasteiger partial charge in [-0.3, -0.25) is 4.90 Å². The van der Waals surface area contributed by atoms with Gasteiger partial charge >= 0.3 is 12.1 Å². The van der Waals surface area contributed by atoms with Gasteiger partial charge in [0.15, 0.2) is 0 Å². The Morgan fingerprint density at radius 2 is 1.62 bits per heavy atom. The molecule has 29 heavy (non-hydrogen) atoms. The molecule has 1 fully saturated rings. The molecule has 0 aromatic heterocycles. The van der Waals surface area contributed by atoms with Crippen molar-refractivity contribution < 1.29 is 27.5 Å². The third kappa shape index (κ3) is 2.84. The van der Waals surface area contributed by atoms with E-state index in [1.54, 1.807) is 30.3 Å². The molecule has 2 heterocycles. The van der Waals surface area contributed by atoms with E-state index in [0.717, 1.165) is 5.56 Å². The van der Waals surface area contributed by atoms with E-state index < -0.39 is 34.3 Å². The molecular formula is C20H20N2O6S. The Morgan fingerprint density at radius 1 is 0.966 bits per heavy atom. The second-order valence-corrected chi connectivity index (χ2v) is 8.66. The standard InChI is InChI=1S/C20H20N2O6S/c1-27-19(23)17-12-15-14-10-6-7-11-16(14)22(18(15)21(17)20(24)28-2)29(25,26)13-8-4-3-5-9-13/h3-11,15,17-18H,12H2,1-2H3/t15-,17-,18+/m1/s1. The van der Waals surface area contributed by atoms with Crippen LogP contribution in [0.2, 0.25) is 0 Å². The van der Waals surface area contributed by atoms with E-state index in [1.807, 2.05) is 12.1 Å². The van der Waals surface area contributed by atoms with Crippen LogP contribution in [0.3, 0.4) is 0 Å². The normalized spacial score (nSPS) is 22.8. The number of rotatable bonds is 3. The van der Waals surface area contributed by atoms with Crippen molar-refractivity contribution in [2.75, 3.05) is 18.5 Å². The van der Waals surface area contributed by atoms with Crippen LogP contribution in [0.25, 0.3) is 0 Å². The fraction of sp³-hybridized carbons (Fsp3) is 0.300. The van der Waals surface area contributed by atoms with Crippen molar-refractivity contribution in [3.05, 3.63) is 60.2 Å². The summed E-state index contributed by atoms with van der Waals surface area (Å²) >= 11 is 0. The average Bonchev–Trinajstić information content (AvgIpc) is 3.28. The number of sulfonamides is 1. The van der Waals surface area contributed by atoms with Crippen LogP contribution in [0, 0.1) is 0 Å². The summed E-state index contributed by atoms with van der Waals surface area (Å²) in [7, 11) is -1.57. The lowest BCUT2D eigenvalue weighted by atomic mass is 9.96. The number of benzene rings is 2. The Balaban J connectivity index is 1.90. The highest BCUT2D eigenvalue weighted by molar-refractivity contribution is 7.92. The maximum absolute atomic E-state index is 13.6. The third-order valence-electron chi connectivity index (χ3n) is 5.43. The number of carbonyl (C=O) groups is 2. The molecule has 0 spiro atoms. The topological polar surface area (TPSA) is 93.2 Å². The monoisotopic (exact) mass is 416 g/mol. The molecule has 1 saturated heterocycles. The SMILES string of the molecule is COC(=O)[C@H]1C[C@@H]2c3ccccc3N(S(=O)(=O)c3ccccc3)[C@@H]2N1C(=O)OC. The fourth-order valence-electron chi connectivity index (χ4n) is 4.23. The van der Waals surface area contributed by atoms with Crippen molar-refractivity contribution >= 4 is 27.8 Å². The lowest BCUT2D eigenvalue weighted by Gasteiger charge is -2.34. The largest absolute Gasteiger partial charge is 0.467 e. The minimum Gasteiger partial charge on any atom is -0.467 e. The van der Waals surface area contributed by atoms with Crippen molar-refractivity contribution in [2.45, 2.75) is 29.4 Å². The first kappa shape index (κ1) is 19.3. The number of fused-ring (bicyclic) bond motifs is 3. The van der Waals surface area contributed by atoms with Crippen molar-refractivity contribution in [2.24, 2.45) is 0 Å². The van der Waals surface area contributed by atoms with Crippen molar-refractivity contribution in [3.8, 4) is 0 Å². The molecule has 0 saturated carbocycles. The van der Waals surface area contributed by atoms with Gasteiger partial charge < -0.3 is 9.47 Å². The number of hydrogen-bond acceptors (Lipinski definition) is 6. The number of amides is 1. The predicted octanol–water partition coefficient (Wildman–Crippen LogP) is 2.32. The van der Waals surface area contributed by atoms with Gasteiger partial charge in [-0.25, -0.2) is 22.3 Å². The quantitative estimate of drug-likeness (QED) is 0.713. The third-order valence-corrected chi connectivity index (χ3v) is 7.23. The van der Waals surface area contributed by atoms with Crippen LogP contribution >= 0.6 is 0 Å². The first-order valence-electron chi connectivity index (χ1n) is 9.04. The fourth-order valence-corrected chi connectivity index (χ4v) is 5.91. The van der Waals surface area contributed by atoms with Crippen LogP contribution in [0.15, 0.2) is 59.5 Å². The highest BCUT2D eigenvalue weighted by Gasteiger charge is 2.58. The molecule has 2 aromatic carbocycles. The zero-order valence-electron chi connectivity index (χ0n) is 15.9. The smallest absolute Gasteiger partial charge is 0.411 e. The molecule has 0 aliphatic carbocycles. The number of methoxy groups -OCH3 is 2. The van der Waals surface area contributed by atoms with Gasteiger partial charge in [0.05, 0.1) is 24.8 Å². The molecule has 152 valence electrons.